The van der Waals surface area contributed by atoms with Gasteiger partial charge in [-0.1, -0.05) is 29.3 Å². The number of benzene rings is 1. The number of carbonyl (C=O) groups excluding carboxylic acids is 1. The molecule has 1 aromatic carbocycles. The third-order valence-electron chi connectivity index (χ3n) is 4.86. The Morgan fingerprint density at radius 3 is 2.66 bits per heavy atom. The summed E-state index contributed by atoms with van der Waals surface area (Å²) in [6, 6.07) is 7.58. The van der Waals surface area contributed by atoms with Gasteiger partial charge in [0, 0.05) is 30.8 Å². The molecule has 3 aromatic heterocycles. The third kappa shape index (κ3) is 3.61. The normalized spacial score (nSPS) is 11.2. The van der Waals surface area contributed by atoms with Crippen LogP contribution in [0.5, 0.6) is 0 Å². The van der Waals surface area contributed by atoms with E-state index in [4.69, 9.17) is 11.6 Å². The SMILES string of the molecule is CCn1ccnc1Cn1nc(C)c2c(Cl)c(C(=O)Nc3ccc(C)cc3)cnc21. The highest BCUT2D eigenvalue weighted by molar-refractivity contribution is 6.39. The molecule has 0 atom stereocenters. The molecule has 3 heterocycles. The van der Waals surface area contributed by atoms with Crippen molar-refractivity contribution >= 4 is 34.2 Å². The molecule has 7 nitrogen and oxygen atoms in total. The summed E-state index contributed by atoms with van der Waals surface area (Å²) in [5.74, 6) is 0.581. The molecular weight excluding hydrogens is 388 g/mol. The van der Waals surface area contributed by atoms with E-state index in [1.807, 2.05) is 48.9 Å². The summed E-state index contributed by atoms with van der Waals surface area (Å²) in [6.45, 7) is 7.22. The van der Waals surface area contributed by atoms with Crippen LogP contribution in [0, 0.1) is 13.8 Å². The van der Waals surface area contributed by atoms with Gasteiger partial charge in [-0.15, -0.1) is 0 Å². The van der Waals surface area contributed by atoms with Crippen LogP contribution in [0.25, 0.3) is 11.0 Å². The van der Waals surface area contributed by atoms with E-state index in [2.05, 4.69) is 27.3 Å². The van der Waals surface area contributed by atoms with Gasteiger partial charge in [0.2, 0.25) is 0 Å². The fourth-order valence-corrected chi connectivity index (χ4v) is 3.65. The average molecular weight is 409 g/mol. The van der Waals surface area contributed by atoms with E-state index in [1.165, 1.54) is 6.20 Å². The van der Waals surface area contributed by atoms with E-state index in [-0.39, 0.29) is 5.91 Å². The number of fused-ring (bicyclic) bond motifs is 1. The minimum absolute atomic E-state index is 0.304. The van der Waals surface area contributed by atoms with Gasteiger partial charge in [0.25, 0.3) is 5.91 Å². The zero-order valence-corrected chi connectivity index (χ0v) is 17.2. The number of rotatable bonds is 5. The van der Waals surface area contributed by atoms with Crippen LogP contribution in [0.1, 0.15) is 34.4 Å². The van der Waals surface area contributed by atoms with Gasteiger partial charge >= 0.3 is 0 Å². The smallest absolute Gasteiger partial charge is 0.258 e. The number of carbonyl (C=O) groups is 1. The lowest BCUT2D eigenvalue weighted by Crippen LogP contribution is -2.13. The van der Waals surface area contributed by atoms with Crippen molar-refractivity contribution in [3.63, 3.8) is 0 Å². The molecule has 1 amide bonds. The fraction of sp³-hybridized carbons (Fsp3) is 0.238. The van der Waals surface area contributed by atoms with Crippen molar-refractivity contribution in [2.24, 2.45) is 0 Å². The van der Waals surface area contributed by atoms with Gasteiger partial charge in [0.05, 0.1) is 21.7 Å². The molecule has 0 saturated carbocycles. The maximum absolute atomic E-state index is 12.7. The molecule has 1 N–H and O–H groups in total. The van der Waals surface area contributed by atoms with Crippen LogP contribution in [0.2, 0.25) is 5.02 Å². The van der Waals surface area contributed by atoms with Crippen LogP contribution in [0.4, 0.5) is 5.69 Å². The van der Waals surface area contributed by atoms with E-state index in [0.717, 1.165) is 23.6 Å². The highest BCUT2D eigenvalue weighted by Gasteiger charge is 2.20. The van der Waals surface area contributed by atoms with Gasteiger partial charge in [0.1, 0.15) is 12.4 Å². The van der Waals surface area contributed by atoms with E-state index in [1.54, 1.807) is 10.9 Å². The molecule has 4 aromatic rings. The van der Waals surface area contributed by atoms with Gasteiger partial charge in [-0.3, -0.25) is 4.79 Å². The number of aromatic nitrogens is 5. The number of anilines is 1. The molecular formula is C21H21ClN6O. The quantitative estimate of drug-likeness (QED) is 0.536. The molecule has 0 radical (unpaired) electrons. The summed E-state index contributed by atoms with van der Waals surface area (Å²) in [5.41, 5.74) is 3.49. The number of pyridine rings is 1. The molecule has 0 bridgehead atoms. The number of nitrogens with one attached hydrogen (secondary N) is 1. The molecule has 4 rings (SSSR count). The van der Waals surface area contributed by atoms with E-state index in [0.29, 0.717) is 33.9 Å². The predicted octanol–water partition coefficient (Wildman–Crippen LogP) is 4.22. The molecule has 0 aliphatic heterocycles. The summed E-state index contributed by atoms with van der Waals surface area (Å²) in [4.78, 5) is 21.6. The van der Waals surface area contributed by atoms with Crippen molar-refractivity contribution in [3.05, 3.63) is 70.5 Å². The maximum atomic E-state index is 12.7. The van der Waals surface area contributed by atoms with Crippen molar-refractivity contribution in [3.8, 4) is 0 Å². The largest absolute Gasteiger partial charge is 0.334 e. The summed E-state index contributed by atoms with van der Waals surface area (Å²) >= 11 is 6.61. The third-order valence-corrected chi connectivity index (χ3v) is 5.25. The Hall–Kier alpha value is -3.19. The summed E-state index contributed by atoms with van der Waals surface area (Å²) in [5, 5.41) is 8.47. The monoisotopic (exact) mass is 408 g/mol. The number of imidazole rings is 1. The number of nitrogens with zero attached hydrogens (tertiary/aromatic N) is 5. The van der Waals surface area contributed by atoms with Crippen molar-refractivity contribution in [2.45, 2.75) is 33.9 Å². The number of halogens is 1. The zero-order chi connectivity index (χ0) is 20.5. The maximum Gasteiger partial charge on any atom is 0.258 e. The lowest BCUT2D eigenvalue weighted by Gasteiger charge is -2.09. The molecule has 29 heavy (non-hydrogen) atoms. The molecule has 0 aliphatic carbocycles. The van der Waals surface area contributed by atoms with Crippen LogP contribution < -0.4 is 5.32 Å². The lowest BCUT2D eigenvalue weighted by atomic mass is 10.2. The first-order valence-electron chi connectivity index (χ1n) is 9.37. The van der Waals surface area contributed by atoms with Crippen LogP contribution in [-0.2, 0) is 13.1 Å². The summed E-state index contributed by atoms with van der Waals surface area (Å²) < 4.78 is 3.82. The van der Waals surface area contributed by atoms with Crippen molar-refractivity contribution in [1.29, 1.82) is 0 Å². The molecule has 8 heteroatoms. The van der Waals surface area contributed by atoms with Crippen LogP contribution >= 0.6 is 11.6 Å². The Labute approximate surface area is 173 Å². The van der Waals surface area contributed by atoms with Gasteiger partial charge in [0.15, 0.2) is 5.65 Å². The van der Waals surface area contributed by atoms with E-state index in [9.17, 15) is 4.79 Å². The molecule has 0 aliphatic rings. The average Bonchev–Trinajstić information content (AvgIpc) is 3.28. The fourth-order valence-electron chi connectivity index (χ4n) is 3.29. The van der Waals surface area contributed by atoms with Gasteiger partial charge in [-0.2, -0.15) is 5.10 Å². The summed E-state index contributed by atoms with van der Waals surface area (Å²) in [7, 11) is 0. The first-order chi connectivity index (χ1) is 14.0. The highest BCUT2D eigenvalue weighted by atomic mass is 35.5. The van der Waals surface area contributed by atoms with Crippen molar-refractivity contribution < 1.29 is 4.79 Å². The highest BCUT2D eigenvalue weighted by Crippen LogP contribution is 2.29. The van der Waals surface area contributed by atoms with Gasteiger partial charge in [-0.25, -0.2) is 14.6 Å². The van der Waals surface area contributed by atoms with Crippen LogP contribution in [-0.4, -0.2) is 30.2 Å². The zero-order valence-electron chi connectivity index (χ0n) is 16.5. The predicted molar refractivity (Wildman–Crippen MR) is 113 cm³/mol. The Balaban J connectivity index is 1.68. The standard InChI is InChI=1S/C21H21ClN6O/c1-4-27-10-9-23-17(27)12-28-20-18(14(3)26-28)19(22)16(11-24-20)21(29)25-15-7-5-13(2)6-8-15/h5-11H,4,12H2,1-3H3,(H,25,29). The molecule has 0 fully saturated rings. The second-order valence-corrected chi connectivity index (χ2v) is 7.26. The van der Waals surface area contributed by atoms with E-state index < -0.39 is 0 Å². The van der Waals surface area contributed by atoms with Gasteiger partial charge < -0.3 is 9.88 Å². The lowest BCUT2D eigenvalue weighted by molar-refractivity contribution is 0.102. The Morgan fingerprint density at radius 2 is 1.93 bits per heavy atom. The number of hydrogen-bond donors (Lipinski definition) is 1. The van der Waals surface area contributed by atoms with Crippen LogP contribution in [0.3, 0.4) is 0 Å². The van der Waals surface area contributed by atoms with Crippen molar-refractivity contribution in [1.82, 2.24) is 24.3 Å². The number of aryl methyl sites for hydroxylation is 3. The molecule has 0 saturated heterocycles. The molecule has 0 spiro atoms. The number of hydrogen-bond acceptors (Lipinski definition) is 4. The first kappa shape index (κ1) is 19.1. The topological polar surface area (TPSA) is 77.6 Å². The second kappa shape index (κ2) is 7.67. The van der Waals surface area contributed by atoms with Gasteiger partial charge in [-0.05, 0) is 32.9 Å². The minimum Gasteiger partial charge on any atom is -0.334 e. The second-order valence-electron chi connectivity index (χ2n) is 6.88. The minimum atomic E-state index is -0.304. The Morgan fingerprint density at radius 1 is 1.17 bits per heavy atom. The molecule has 148 valence electrons. The summed E-state index contributed by atoms with van der Waals surface area (Å²) in [6.07, 6.45) is 5.20. The van der Waals surface area contributed by atoms with Crippen LogP contribution in [0.15, 0.2) is 42.9 Å². The number of amides is 1. The van der Waals surface area contributed by atoms with Crippen molar-refractivity contribution in [2.75, 3.05) is 5.32 Å². The van der Waals surface area contributed by atoms with E-state index >= 15 is 0 Å². The first-order valence-corrected chi connectivity index (χ1v) is 9.75. The Bertz CT molecular complexity index is 1190. The molecule has 0 unspecified atom stereocenters. The Kier molecular flexibility index (Phi) is 5.07.